The van der Waals surface area contributed by atoms with Gasteiger partial charge < -0.3 is 15.0 Å². The highest BCUT2D eigenvalue weighted by Crippen LogP contribution is 2.24. The molecule has 1 heterocycles. The summed E-state index contributed by atoms with van der Waals surface area (Å²) in [5.74, 6) is -1.35. The second-order valence-corrected chi connectivity index (χ2v) is 8.58. The minimum atomic E-state index is -0.461. The Morgan fingerprint density at radius 1 is 0.973 bits per heavy atom. The number of carbonyl (C=O) groups excluding carboxylic acids is 3. The van der Waals surface area contributed by atoms with E-state index >= 15 is 0 Å². The van der Waals surface area contributed by atoms with E-state index < -0.39 is 11.7 Å². The number of morpholine rings is 1. The fourth-order valence-corrected chi connectivity index (χ4v) is 3.83. The molecule has 0 saturated carbocycles. The van der Waals surface area contributed by atoms with E-state index in [1.807, 2.05) is 24.3 Å². The number of hydrogen-bond donors (Lipinski definition) is 3. The highest BCUT2D eigenvalue weighted by molar-refractivity contribution is 6.24. The zero-order valence-electron chi connectivity index (χ0n) is 20.6. The molecular weight excluding hydrogens is 477 g/mol. The molecule has 3 rings (SSSR count). The van der Waals surface area contributed by atoms with Crippen LogP contribution in [-0.2, 0) is 19.1 Å². The quantitative estimate of drug-likeness (QED) is 0.141. The zero-order chi connectivity index (χ0) is 26.5. The average Bonchev–Trinajstić information content (AvgIpc) is 2.93. The van der Waals surface area contributed by atoms with Crippen LogP contribution in [0.5, 0.6) is 0 Å². The van der Waals surface area contributed by atoms with Gasteiger partial charge in [-0.25, -0.2) is 9.87 Å². The molecule has 0 radical (unpaired) electrons. The molecular formula is C28H32FN3O5. The van der Waals surface area contributed by atoms with E-state index in [0.717, 1.165) is 24.0 Å². The van der Waals surface area contributed by atoms with E-state index in [1.54, 1.807) is 40.7 Å². The normalized spacial score (nSPS) is 14.0. The van der Waals surface area contributed by atoms with Gasteiger partial charge in [-0.15, -0.1) is 0 Å². The predicted molar refractivity (Wildman–Crippen MR) is 139 cm³/mol. The summed E-state index contributed by atoms with van der Waals surface area (Å²) in [6, 6.07) is 13.5. The predicted octanol–water partition coefficient (Wildman–Crippen LogP) is 3.42. The number of rotatable bonds is 11. The van der Waals surface area contributed by atoms with Crippen molar-refractivity contribution in [2.75, 3.05) is 32.8 Å². The molecule has 1 aliphatic rings. The molecule has 0 aliphatic carbocycles. The minimum Gasteiger partial charge on any atom is -0.378 e. The van der Waals surface area contributed by atoms with Crippen molar-refractivity contribution in [2.24, 2.45) is 0 Å². The third kappa shape index (κ3) is 8.96. The summed E-state index contributed by atoms with van der Waals surface area (Å²) >= 11 is 0. The van der Waals surface area contributed by atoms with E-state index in [0.29, 0.717) is 39.3 Å². The van der Waals surface area contributed by atoms with Crippen molar-refractivity contribution in [1.29, 1.82) is 0 Å². The molecule has 8 nitrogen and oxygen atoms in total. The van der Waals surface area contributed by atoms with Gasteiger partial charge in [0.05, 0.1) is 18.8 Å². The molecule has 1 aliphatic heterocycles. The molecule has 2 aromatic rings. The number of nitrogens with one attached hydrogen (secondary N) is 2. The van der Waals surface area contributed by atoms with Gasteiger partial charge >= 0.3 is 0 Å². The second kappa shape index (κ2) is 14.7. The topological polar surface area (TPSA) is 108 Å². The summed E-state index contributed by atoms with van der Waals surface area (Å²) in [6.45, 7) is 2.31. The van der Waals surface area contributed by atoms with Crippen LogP contribution in [0.4, 0.5) is 4.39 Å². The van der Waals surface area contributed by atoms with Crippen molar-refractivity contribution in [1.82, 2.24) is 15.7 Å². The Morgan fingerprint density at radius 3 is 2.38 bits per heavy atom. The third-order valence-corrected chi connectivity index (χ3v) is 5.87. The van der Waals surface area contributed by atoms with Gasteiger partial charge in [-0.3, -0.25) is 19.6 Å². The Labute approximate surface area is 215 Å². The van der Waals surface area contributed by atoms with Gasteiger partial charge in [0, 0.05) is 37.7 Å². The number of hydroxylamine groups is 1. The largest absolute Gasteiger partial charge is 0.378 e. The van der Waals surface area contributed by atoms with Gasteiger partial charge in [0.25, 0.3) is 5.91 Å². The van der Waals surface area contributed by atoms with Gasteiger partial charge in [-0.05, 0) is 42.2 Å². The van der Waals surface area contributed by atoms with Crippen LogP contribution in [0.3, 0.4) is 0 Å². The first kappa shape index (κ1) is 27.8. The molecule has 3 N–H and O–H groups in total. The van der Waals surface area contributed by atoms with Crippen LogP contribution in [-0.4, -0.2) is 60.7 Å². The smallest absolute Gasteiger partial charge is 0.254 e. The first-order valence-electron chi connectivity index (χ1n) is 12.3. The summed E-state index contributed by atoms with van der Waals surface area (Å²) in [6.07, 6.45) is 7.18. The van der Waals surface area contributed by atoms with Gasteiger partial charge in [0.2, 0.25) is 11.8 Å². The Hall–Kier alpha value is -3.82. The van der Waals surface area contributed by atoms with Crippen LogP contribution in [0.15, 0.2) is 54.6 Å². The zero-order valence-corrected chi connectivity index (χ0v) is 20.6. The fraction of sp³-hybridized carbons (Fsp3) is 0.321. The lowest BCUT2D eigenvalue weighted by molar-refractivity contribution is -0.129. The minimum absolute atomic E-state index is 0.227. The molecule has 3 amide bonds. The number of carbonyl (C=O) groups is 3. The van der Waals surface area contributed by atoms with Crippen LogP contribution in [0.25, 0.3) is 17.7 Å². The molecule has 0 atom stereocenters. The maximum absolute atomic E-state index is 14.6. The fourth-order valence-electron chi connectivity index (χ4n) is 3.83. The average molecular weight is 510 g/mol. The van der Waals surface area contributed by atoms with Crippen LogP contribution in [0.2, 0.25) is 0 Å². The summed E-state index contributed by atoms with van der Waals surface area (Å²) in [4.78, 5) is 37.9. The number of benzene rings is 2. The number of ether oxygens (including phenoxy) is 1. The monoisotopic (exact) mass is 509 g/mol. The number of hydrogen-bond acceptors (Lipinski definition) is 5. The number of unbranched alkanes of at least 4 members (excludes halogenated alkanes) is 2. The van der Waals surface area contributed by atoms with Crippen molar-refractivity contribution < 1.29 is 28.7 Å². The van der Waals surface area contributed by atoms with Gasteiger partial charge in [0.1, 0.15) is 5.82 Å². The maximum atomic E-state index is 14.6. The Bertz CT molecular complexity index is 1120. The molecule has 2 aromatic carbocycles. The molecule has 0 bridgehead atoms. The van der Waals surface area contributed by atoms with Crippen molar-refractivity contribution in [3.05, 3.63) is 77.1 Å². The lowest BCUT2D eigenvalue weighted by atomic mass is 10.00. The van der Waals surface area contributed by atoms with Crippen molar-refractivity contribution >= 4 is 35.4 Å². The highest BCUT2D eigenvalue weighted by atomic mass is 19.1. The van der Waals surface area contributed by atoms with Gasteiger partial charge in [-0.2, -0.15) is 0 Å². The first-order chi connectivity index (χ1) is 18.0. The molecule has 1 saturated heterocycles. The summed E-state index contributed by atoms with van der Waals surface area (Å²) in [7, 11) is 0. The molecule has 0 spiro atoms. The third-order valence-electron chi connectivity index (χ3n) is 5.87. The Morgan fingerprint density at radius 2 is 1.68 bits per heavy atom. The maximum Gasteiger partial charge on any atom is 0.254 e. The van der Waals surface area contributed by atoms with Gasteiger partial charge in [0.15, 0.2) is 0 Å². The Kier molecular flexibility index (Phi) is 11.0. The molecule has 196 valence electrons. The van der Waals surface area contributed by atoms with E-state index in [1.165, 1.54) is 12.1 Å². The molecule has 0 unspecified atom stereocenters. The molecule has 1 fully saturated rings. The lowest BCUT2D eigenvalue weighted by Gasteiger charge is -2.28. The summed E-state index contributed by atoms with van der Waals surface area (Å²) in [5, 5.41) is 11.2. The number of halogens is 1. The molecule has 0 aromatic heterocycles. The van der Waals surface area contributed by atoms with Crippen LogP contribution in [0.1, 0.15) is 42.4 Å². The van der Waals surface area contributed by atoms with E-state index in [4.69, 9.17) is 9.94 Å². The van der Waals surface area contributed by atoms with E-state index in [-0.39, 0.29) is 29.4 Å². The number of amides is 3. The van der Waals surface area contributed by atoms with Crippen LogP contribution < -0.4 is 10.8 Å². The highest BCUT2D eigenvalue weighted by Gasteiger charge is 2.23. The summed E-state index contributed by atoms with van der Waals surface area (Å²) in [5.41, 5.74) is 3.65. The van der Waals surface area contributed by atoms with E-state index in [9.17, 15) is 18.8 Å². The van der Waals surface area contributed by atoms with Crippen molar-refractivity contribution in [3.8, 4) is 0 Å². The number of nitrogens with zero attached hydrogens (tertiary/aromatic N) is 1. The Balaban J connectivity index is 1.61. The van der Waals surface area contributed by atoms with Crippen LogP contribution in [0, 0.1) is 5.82 Å². The second-order valence-electron chi connectivity index (χ2n) is 8.58. The standard InChI is InChI=1S/C28H32FN3O5/c29-25-7-4-3-6-23(25)24(28(35)32-16-18-37-19-17-32)20-22-11-9-21(10-12-22)13-14-26(33)30-15-5-1-2-8-27(34)31-36/h3-4,6-7,9-14,20,36H,1-2,5,8,15-19H2,(H,30,33)(H,31,34)/b14-13+,24-20+. The lowest BCUT2D eigenvalue weighted by Crippen LogP contribution is -2.41. The SMILES string of the molecule is O=C(/C=C/c1ccc(/C=C(/C(=O)N2CCOCC2)c2ccccc2F)cc1)NCCCCCC(=O)NO. The summed E-state index contributed by atoms with van der Waals surface area (Å²) < 4.78 is 19.9. The first-order valence-corrected chi connectivity index (χ1v) is 12.3. The van der Waals surface area contributed by atoms with Crippen molar-refractivity contribution in [3.63, 3.8) is 0 Å². The van der Waals surface area contributed by atoms with Crippen molar-refractivity contribution in [2.45, 2.75) is 25.7 Å². The van der Waals surface area contributed by atoms with E-state index in [2.05, 4.69) is 5.32 Å². The van der Waals surface area contributed by atoms with Gasteiger partial charge in [-0.1, -0.05) is 48.9 Å². The molecule has 9 heteroatoms. The molecule has 37 heavy (non-hydrogen) atoms. The van der Waals surface area contributed by atoms with Crippen LogP contribution >= 0.6 is 0 Å².